The SMILES string of the molecule is O=C(O)[C@H]1CCCN(C(=O)CC2CC2)C1. The van der Waals surface area contributed by atoms with Crippen LogP contribution >= 0.6 is 0 Å². The molecule has 1 N–H and O–H groups in total. The summed E-state index contributed by atoms with van der Waals surface area (Å²) in [5.41, 5.74) is 0. The maximum absolute atomic E-state index is 11.7. The van der Waals surface area contributed by atoms with Gasteiger partial charge in [-0.3, -0.25) is 9.59 Å². The molecule has 1 atom stereocenters. The van der Waals surface area contributed by atoms with Crippen molar-refractivity contribution in [2.45, 2.75) is 32.1 Å². The summed E-state index contributed by atoms with van der Waals surface area (Å²) in [7, 11) is 0. The second kappa shape index (κ2) is 4.21. The Labute approximate surface area is 89.3 Å². The van der Waals surface area contributed by atoms with Gasteiger partial charge in [0.25, 0.3) is 0 Å². The van der Waals surface area contributed by atoms with E-state index >= 15 is 0 Å². The number of amides is 1. The molecule has 0 aromatic heterocycles. The zero-order chi connectivity index (χ0) is 10.8. The maximum Gasteiger partial charge on any atom is 0.308 e. The van der Waals surface area contributed by atoms with Gasteiger partial charge in [-0.05, 0) is 31.6 Å². The highest BCUT2D eigenvalue weighted by Gasteiger charge is 2.31. The zero-order valence-electron chi connectivity index (χ0n) is 8.82. The van der Waals surface area contributed by atoms with Crippen LogP contribution in [0.2, 0.25) is 0 Å². The van der Waals surface area contributed by atoms with Crippen molar-refractivity contribution in [3.05, 3.63) is 0 Å². The van der Waals surface area contributed by atoms with Gasteiger partial charge in [-0.25, -0.2) is 0 Å². The molecule has 1 amide bonds. The number of rotatable bonds is 3. The minimum absolute atomic E-state index is 0.156. The van der Waals surface area contributed by atoms with Crippen molar-refractivity contribution in [3.8, 4) is 0 Å². The van der Waals surface area contributed by atoms with E-state index in [9.17, 15) is 9.59 Å². The first-order valence-electron chi connectivity index (χ1n) is 5.67. The van der Waals surface area contributed by atoms with E-state index < -0.39 is 5.97 Å². The molecule has 1 saturated heterocycles. The molecule has 4 heteroatoms. The fourth-order valence-electron chi connectivity index (χ4n) is 2.10. The van der Waals surface area contributed by atoms with E-state index in [4.69, 9.17) is 5.11 Å². The van der Waals surface area contributed by atoms with Crippen molar-refractivity contribution < 1.29 is 14.7 Å². The number of likely N-dealkylation sites (tertiary alicyclic amines) is 1. The number of carboxylic acids is 1. The molecule has 0 aromatic carbocycles. The van der Waals surface area contributed by atoms with Gasteiger partial charge in [-0.15, -0.1) is 0 Å². The molecule has 0 unspecified atom stereocenters. The number of nitrogens with zero attached hydrogens (tertiary/aromatic N) is 1. The average molecular weight is 211 g/mol. The van der Waals surface area contributed by atoms with Gasteiger partial charge in [0, 0.05) is 19.5 Å². The molecule has 0 spiro atoms. The van der Waals surface area contributed by atoms with Crippen LogP contribution in [0.1, 0.15) is 32.1 Å². The number of carbonyl (C=O) groups excluding carboxylic acids is 1. The van der Waals surface area contributed by atoms with Gasteiger partial charge in [0.1, 0.15) is 0 Å². The predicted octanol–water partition coefficient (Wildman–Crippen LogP) is 1.11. The van der Waals surface area contributed by atoms with E-state index in [1.807, 2.05) is 0 Å². The monoisotopic (exact) mass is 211 g/mol. The summed E-state index contributed by atoms with van der Waals surface area (Å²) >= 11 is 0. The quantitative estimate of drug-likeness (QED) is 0.760. The third-order valence-corrected chi connectivity index (χ3v) is 3.28. The molecular formula is C11H17NO3. The summed E-state index contributed by atoms with van der Waals surface area (Å²) in [6, 6.07) is 0. The van der Waals surface area contributed by atoms with Crippen LogP contribution < -0.4 is 0 Å². The zero-order valence-corrected chi connectivity index (χ0v) is 8.82. The Balaban J connectivity index is 1.85. The number of aliphatic carboxylic acids is 1. The fraction of sp³-hybridized carbons (Fsp3) is 0.818. The molecule has 1 heterocycles. The second-order valence-electron chi connectivity index (χ2n) is 4.66. The number of carbonyl (C=O) groups is 2. The van der Waals surface area contributed by atoms with Crippen LogP contribution in [0, 0.1) is 11.8 Å². The number of piperidine rings is 1. The molecule has 84 valence electrons. The first-order valence-corrected chi connectivity index (χ1v) is 5.67. The van der Waals surface area contributed by atoms with E-state index in [0.29, 0.717) is 25.3 Å². The Morgan fingerprint density at radius 1 is 1.27 bits per heavy atom. The van der Waals surface area contributed by atoms with Crippen LogP contribution in [0.3, 0.4) is 0 Å². The van der Waals surface area contributed by atoms with Crippen molar-refractivity contribution in [1.29, 1.82) is 0 Å². The lowest BCUT2D eigenvalue weighted by Crippen LogP contribution is -2.42. The molecule has 0 radical (unpaired) electrons. The molecule has 0 aromatic rings. The van der Waals surface area contributed by atoms with Crippen molar-refractivity contribution in [3.63, 3.8) is 0 Å². The minimum Gasteiger partial charge on any atom is -0.481 e. The van der Waals surface area contributed by atoms with Gasteiger partial charge >= 0.3 is 5.97 Å². The summed E-state index contributed by atoms with van der Waals surface area (Å²) in [5, 5.41) is 8.89. The second-order valence-corrected chi connectivity index (χ2v) is 4.66. The Morgan fingerprint density at radius 3 is 2.60 bits per heavy atom. The smallest absolute Gasteiger partial charge is 0.308 e. The summed E-state index contributed by atoms with van der Waals surface area (Å²) < 4.78 is 0. The Bertz CT molecular complexity index is 273. The van der Waals surface area contributed by atoms with Crippen LogP contribution in [0.5, 0.6) is 0 Å². The maximum atomic E-state index is 11.7. The molecule has 15 heavy (non-hydrogen) atoms. The molecule has 2 fully saturated rings. The Hall–Kier alpha value is -1.06. The van der Waals surface area contributed by atoms with Gasteiger partial charge in [0.2, 0.25) is 5.91 Å². The average Bonchev–Trinajstić information content (AvgIpc) is 3.02. The molecule has 0 bridgehead atoms. The van der Waals surface area contributed by atoms with Crippen molar-refractivity contribution in [2.75, 3.05) is 13.1 Å². The number of hydrogen-bond donors (Lipinski definition) is 1. The van der Waals surface area contributed by atoms with Gasteiger partial charge in [-0.1, -0.05) is 0 Å². The Morgan fingerprint density at radius 2 is 2.00 bits per heavy atom. The standard InChI is InChI=1S/C11H17NO3/c13-10(6-8-3-4-8)12-5-1-2-9(7-12)11(14)15/h8-9H,1-7H2,(H,14,15)/t9-/m0/s1. The first kappa shape index (κ1) is 10.5. The van der Waals surface area contributed by atoms with Crippen LogP contribution in [0.15, 0.2) is 0 Å². The first-order chi connectivity index (χ1) is 7.16. The van der Waals surface area contributed by atoms with E-state index in [0.717, 1.165) is 13.0 Å². The van der Waals surface area contributed by atoms with Gasteiger partial charge in [-0.2, -0.15) is 0 Å². The van der Waals surface area contributed by atoms with Gasteiger partial charge in [0.05, 0.1) is 5.92 Å². The predicted molar refractivity (Wildman–Crippen MR) is 54.3 cm³/mol. The number of carboxylic acid groups (broad SMARTS) is 1. The lowest BCUT2D eigenvalue weighted by Gasteiger charge is -2.30. The summed E-state index contributed by atoms with van der Waals surface area (Å²) in [6.07, 6.45) is 4.51. The molecule has 2 aliphatic rings. The van der Waals surface area contributed by atoms with Crippen molar-refractivity contribution in [2.24, 2.45) is 11.8 Å². The van der Waals surface area contributed by atoms with Crippen LogP contribution in [-0.2, 0) is 9.59 Å². The van der Waals surface area contributed by atoms with E-state index in [2.05, 4.69) is 0 Å². The molecule has 4 nitrogen and oxygen atoms in total. The summed E-state index contributed by atoms with van der Waals surface area (Å²) in [6.45, 7) is 1.16. The molecule has 2 rings (SSSR count). The lowest BCUT2D eigenvalue weighted by molar-refractivity contribution is -0.145. The highest BCUT2D eigenvalue weighted by atomic mass is 16.4. The summed E-state index contributed by atoms with van der Waals surface area (Å²) in [5.74, 6) is -0.369. The fourth-order valence-corrected chi connectivity index (χ4v) is 2.10. The largest absolute Gasteiger partial charge is 0.481 e. The van der Waals surface area contributed by atoms with Crippen molar-refractivity contribution >= 4 is 11.9 Å². The van der Waals surface area contributed by atoms with Crippen LogP contribution in [0.4, 0.5) is 0 Å². The van der Waals surface area contributed by atoms with Crippen LogP contribution in [0.25, 0.3) is 0 Å². The van der Waals surface area contributed by atoms with Crippen LogP contribution in [-0.4, -0.2) is 35.0 Å². The number of hydrogen-bond acceptors (Lipinski definition) is 2. The molecular weight excluding hydrogens is 194 g/mol. The minimum atomic E-state index is -0.765. The van der Waals surface area contributed by atoms with E-state index in [1.54, 1.807) is 4.90 Å². The highest BCUT2D eigenvalue weighted by molar-refractivity contribution is 5.78. The normalized spacial score (nSPS) is 26.4. The molecule has 1 aliphatic carbocycles. The van der Waals surface area contributed by atoms with Gasteiger partial charge < -0.3 is 10.0 Å². The summed E-state index contributed by atoms with van der Waals surface area (Å²) in [4.78, 5) is 24.3. The van der Waals surface area contributed by atoms with E-state index in [1.165, 1.54) is 12.8 Å². The highest BCUT2D eigenvalue weighted by Crippen LogP contribution is 2.33. The van der Waals surface area contributed by atoms with Crippen molar-refractivity contribution in [1.82, 2.24) is 4.90 Å². The molecule has 1 saturated carbocycles. The topological polar surface area (TPSA) is 57.6 Å². The lowest BCUT2D eigenvalue weighted by atomic mass is 9.98. The third-order valence-electron chi connectivity index (χ3n) is 3.28. The van der Waals surface area contributed by atoms with Gasteiger partial charge in [0.15, 0.2) is 0 Å². The van der Waals surface area contributed by atoms with E-state index in [-0.39, 0.29) is 11.8 Å². The third kappa shape index (κ3) is 2.70. The Kier molecular flexibility index (Phi) is 2.93. The molecule has 1 aliphatic heterocycles.